The Morgan fingerprint density at radius 2 is 1.96 bits per heavy atom. The van der Waals surface area contributed by atoms with E-state index in [0.717, 1.165) is 34.1 Å². The van der Waals surface area contributed by atoms with E-state index in [4.69, 9.17) is 4.98 Å². The normalized spacial score (nSPS) is 21.2. The summed E-state index contributed by atoms with van der Waals surface area (Å²) in [5.74, 6) is 0. The van der Waals surface area contributed by atoms with E-state index in [1.165, 1.54) is 49.5 Å². The second-order valence-electron chi connectivity index (χ2n) is 7.41. The van der Waals surface area contributed by atoms with Crippen molar-refractivity contribution in [1.82, 2.24) is 19.7 Å². The van der Waals surface area contributed by atoms with Crippen LogP contribution in [-0.4, -0.2) is 51.9 Å². The molecule has 27 heavy (non-hydrogen) atoms. The molecule has 2 aliphatic rings. The number of hydrogen-bond donors (Lipinski definition) is 0. The van der Waals surface area contributed by atoms with Crippen LogP contribution < -0.4 is 10.5 Å². The quantitative estimate of drug-likeness (QED) is 0.698. The van der Waals surface area contributed by atoms with Crippen LogP contribution in [0.2, 0.25) is 0 Å². The Morgan fingerprint density at radius 3 is 2.81 bits per heavy atom. The summed E-state index contributed by atoms with van der Waals surface area (Å²) in [6, 6.07) is 9.78. The van der Waals surface area contributed by atoms with Gasteiger partial charge in [0.05, 0.1) is 15.9 Å². The molecule has 0 saturated carbocycles. The van der Waals surface area contributed by atoms with Gasteiger partial charge in [-0.15, -0.1) is 0 Å². The summed E-state index contributed by atoms with van der Waals surface area (Å²) < 4.78 is 2.53. The van der Waals surface area contributed by atoms with Crippen molar-refractivity contribution in [3.63, 3.8) is 0 Å². The van der Waals surface area contributed by atoms with E-state index in [-0.39, 0.29) is 5.56 Å². The Morgan fingerprint density at radius 1 is 1.07 bits per heavy atom. The molecule has 0 N–H and O–H groups in total. The van der Waals surface area contributed by atoms with E-state index in [9.17, 15) is 4.79 Å². The Balaban J connectivity index is 1.39. The molecule has 2 saturated heterocycles. The first-order valence-corrected chi connectivity index (χ1v) is 10.5. The highest BCUT2D eigenvalue weighted by Gasteiger charge is 2.29. The highest BCUT2D eigenvalue weighted by Crippen LogP contribution is 2.33. The number of nitrogens with zero attached hydrogens (tertiary/aromatic N) is 5. The van der Waals surface area contributed by atoms with Gasteiger partial charge < -0.3 is 4.90 Å². The molecule has 0 aliphatic carbocycles. The number of piperidine rings is 1. The average molecular weight is 382 g/mol. The third-order valence-electron chi connectivity index (χ3n) is 5.66. The number of fused-ring (bicyclic) bond motifs is 1. The molecule has 0 bridgehead atoms. The number of rotatable bonds is 3. The van der Waals surface area contributed by atoms with Crippen LogP contribution in [0.15, 0.2) is 41.3 Å². The Bertz CT molecular complexity index is 1010. The van der Waals surface area contributed by atoms with Gasteiger partial charge in [-0.1, -0.05) is 17.8 Å². The van der Waals surface area contributed by atoms with Gasteiger partial charge in [-0.3, -0.25) is 9.69 Å². The van der Waals surface area contributed by atoms with Gasteiger partial charge in [-0.05, 0) is 56.6 Å². The molecule has 5 rings (SSSR count). The minimum atomic E-state index is -0.120. The molecule has 6 nitrogen and oxygen atoms in total. The van der Waals surface area contributed by atoms with Crippen LogP contribution in [0.1, 0.15) is 25.7 Å². The Kier molecular flexibility index (Phi) is 4.41. The van der Waals surface area contributed by atoms with E-state index in [2.05, 4.69) is 14.9 Å². The first kappa shape index (κ1) is 16.9. The van der Waals surface area contributed by atoms with E-state index >= 15 is 0 Å². The molecule has 4 heterocycles. The lowest BCUT2D eigenvalue weighted by atomic mass is 10.1. The predicted molar refractivity (Wildman–Crippen MR) is 109 cm³/mol. The highest BCUT2D eigenvalue weighted by molar-refractivity contribution is 7.22. The fourth-order valence-corrected chi connectivity index (χ4v) is 5.25. The lowest BCUT2D eigenvalue weighted by Crippen LogP contribution is -2.40. The molecule has 1 unspecified atom stereocenters. The Hall–Kier alpha value is -2.25. The van der Waals surface area contributed by atoms with Gasteiger partial charge in [0, 0.05) is 31.4 Å². The third kappa shape index (κ3) is 3.26. The molecule has 0 radical (unpaired) electrons. The smallest absolute Gasteiger partial charge is 0.271 e. The van der Waals surface area contributed by atoms with Gasteiger partial charge in [0.15, 0.2) is 5.13 Å². The van der Waals surface area contributed by atoms with Crippen LogP contribution in [0.3, 0.4) is 0 Å². The van der Waals surface area contributed by atoms with E-state index in [1.54, 1.807) is 23.6 Å². The molecule has 2 aromatic heterocycles. The average Bonchev–Trinajstić information content (AvgIpc) is 3.35. The molecular formula is C20H23N5OS. The largest absolute Gasteiger partial charge is 0.346 e. The van der Waals surface area contributed by atoms with Crippen LogP contribution >= 0.6 is 11.3 Å². The van der Waals surface area contributed by atoms with Gasteiger partial charge in [0.2, 0.25) is 0 Å². The zero-order chi connectivity index (χ0) is 18.2. The number of thiazole rings is 1. The second kappa shape index (κ2) is 7.05. The van der Waals surface area contributed by atoms with Crippen molar-refractivity contribution in [3.8, 4) is 5.69 Å². The van der Waals surface area contributed by atoms with Gasteiger partial charge in [-0.2, -0.15) is 9.78 Å². The zero-order valence-electron chi connectivity index (χ0n) is 15.3. The van der Waals surface area contributed by atoms with Crippen LogP contribution in [-0.2, 0) is 0 Å². The summed E-state index contributed by atoms with van der Waals surface area (Å²) in [6.45, 7) is 4.65. The SMILES string of the molecule is O=c1cccnn1-c1ccc2nc(N3CCC(N4CCCCC4)C3)sc2c1. The molecule has 0 amide bonds. The standard InChI is InChI=1S/C20H23N5OS/c26-19-5-4-9-21-25(19)15-6-7-17-18(13-15)27-20(22-17)24-12-8-16(14-24)23-10-2-1-3-11-23/h4-7,9,13,16H,1-3,8,10-12,14H2. The minimum absolute atomic E-state index is 0.120. The van der Waals surface area contributed by atoms with Crippen LogP contribution in [0, 0.1) is 0 Å². The van der Waals surface area contributed by atoms with Crippen molar-refractivity contribution in [2.24, 2.45) is 0 Å². The van der Waals surface area contributed by atoms with Crippen molar-refractivity contribution >= 4 is 26.7 Å². The maximum Gasteiger partial charge on any atom is 0.271 e. The molecule has 1 atom stereocenters. The first-order chi connectivity index (χ1) is 13.3. The number of anilines is 1. The molecule has 1 aromatic carbocycles. The Labute approximate surface area is 162 Å². The summed E-state index contributed by atoms with van der Waals surface area (Å²) in [7, 11) is 0. The summed E-state index contributed by atoms with van der Waals surface area (Å²) in [5, 5.41) is 5.27. The van der Waals surface area contributed by atoms with Crippen molar-refractivity contribution in [2.45, 2.75) is 31.7 Å². The molecule has 2 aliphatic heterocycles. The molecule has 2 fully saturated rings. The van der Waals surface area contributed by atoms with Crippen LogP contribution in [0.4, 0.5) is 5.13 Å². The van der Waals surface area contributed by atoms with Crippen molar-refractivity contribution in [1.29, 1.82) is 0 Å². The summed E-state index contributed by atoms with van der Waals surface area (Å²) in [4.78, 5) is 22.0. The molecule has 7 heteroatoms. The number of benzene rings is 1. The predicted octanol–water partition coefficient (Wildman–Crippen LogP) is 2.91. The van der Waals surface area contributed by atoms with E-state index in [0.29, 0.717) is 6.04 Å². The van der Waals surface area contributed by atoms with Crippen molar-refractivity contribution in [3.05, 3.63) is 46.9 Å². The van der Waals surface area contributed by atoms with Crippen LogP contribution in [0.5, 0.6) is 0 Å². The van der Waals surface area contributed by atoms with E-state index in [1.807, 2.05) is 18.2 Å². The zero-order valence-corrected chi connectivity index (χ0v) is 16.1. The monoisotopic (exact) mass is 381 g/mol. The lowest BCUT2D eigenvalue weighted by Gasteiger charge is -2.32. The van der Waals surface area contributed by atoms with Crippen molar-refractivity contribution < 1.29 is 0 Å². The van der Waals surface area contributed by atoms with Crippen LogP contribution in [0.25, 0.3) is 15.9 Å². The van der Waals surface area contributed by atoms with Gasteiger partial charge in [0.25, 0.3) is 5.56 Å². The lowest BCUT2D eigenvalue weighted by molar-refractivity contribution is 0.175. The van der Waals surface area contributed by atoms with E-state index < -0.39 is 0 Å². The molecule has 140 valence electrons. The topological polar surface area (TPSA) is 54.3 Å². The molecule has 0 spiro atoms. The fraction of sp³-hybridized carbons (Fsp3) is 0.450. The fourth-order valence-electron chi connectivity index (χ4n) is 4.22. The third-order valence-corrected chi connectivity index (χ3v) is 6.74. The van der Waals surface area contributed by atoms with Gasteiger partial charge in [0.1, 0.15) is 0 Å². The second-order valence-corrected chi connectivity index (χ2v) is 8.42. The van der Waals surface area contributed by atoms with Gasteiger partial charge >= 0.3 is 0 Å². The highest BCUT2D eigenvalue weighted by atomic mass is 32.1. The number of hydrogen-bond acceptors (Lipinski definition) is 6. The maximum absolute atomic E-state index is 12.0. The van der Waals surface area contributed by atoms with Gasteiger partial charge in [-0.25, -0.2) is 4.98 Å². The first-order valence-electron chi connectivity index (χ1n) is 9.72. The summed E-state index contributed by atoms with van der Waals surface area (Å²) in [5.41, 5.74) is 1.66. The number of aromatic nitrogens is 3. The number of likely N-dealkylation sites (tertiary alicyclic amines) is 1. The molecular weight excluding hydrogens is 358 g/mol. The minimum Gasteiger partial charge on any atom is -0.346 e. The summed E-state index contributed by atoms with van der Waals surface area (Å²) in [6.07, 6.45) is 6.92. The maximum atomic E-state index is 12.0. The molecule has 3 aromatic rings. The summed E-state index contributed by atoms with van der Waals surface area (Å²) >= 11 is 1.71. The van der Waals surface area contributed by atoms with Crippen molar-refractivity contribution in [2.75, 3.05) is 31.1 Å².